The van der Waals surface area contributed by atoms with Gasteiger partial charge in [0, 0.05) is 24.2 Å². The molecule has 0 bridgehead atoms. The number of pyridine rings is 1. The van der Waals surface area contributed by atoms with Crippen LogP contribution in [0.2, 0.25) is 0 Å². The number of aromatic carboxylic acids is 1. The molecule has 0 unspecified atom stereocenters. The van der Waals surface area contributed by atoms with Gasteiger partial charge in [0.25, 0.3) is 5.91 Å². The summed E-state index contributed by atoms with van der Waals surface area (Å²) in [4.78, 5) is 40.2. The lowest BCUT2D eigenvalue weighted by Gasteiger charge is -2.26. The van der Waals surface area contributed by atoms with E-state index in [1.807, 2.05) is 11.4 Å². The number of anilines is 1. The van der Waals surface area contributed by atoms with Crippen LogP contribution in [0, 0.1) is 5.82 Å². The number of fused-ring (bicyclic) bond motifs is 1. The molecule has 0 spiro atoms. The van der Waals surface area contributed by atoms with Gasteiger partial charge in [0.15, 0.2) is 0 Å². The van der Waals surface area contributed by atoms with Crippen LogP contribution in [0.3, 0.4) is 0 Å². The second-order valence-electron chi connectivity index (χ2n) is 9.05. The molecule has 2 N–H and O–H groups in total. The third kappa shape index (κ3) is 4.50. The van der Waals surface area contributed by atoms with Crippen molar-refractivity contribution in [2.24, 2.45) is 0 Å². The average molecular weight is 484 g/mol. The van der Waals surface area contributed by atoms with Gasteiger partial charge in [-0.25, -0.2) is 9.18 Å². The zero-order valence-electron chi connectivity index (χ0n) is 18.7. The molecule has 1 aliphatic heterocycles. The molecular weight excluding hydrogens is 457 g/mol. The first-order chi connectivity index (χ1) is 16.4. The predicted molar refractivity (Wildman–Crippen MR) is 130 cm³/mol. The molecule has 1 aromatic carbocycles. The third-order valence-corrected chi connectivity index (χ3v) is 7.59. The number of carboxylic acid groups (broad SMARTS) is 1. The van der Waals surface area contributed by atoms with E-state index in [4.69, 9.17) is 0 Å². The Kier molecular flexibility index (Phi) is 6.22. The largest absolute Gasteiger partial charge is 0.477 e. The number of rotatable bonds is 7. The van der Waals surface area contributed by atoms with E-state index in [2.05, 4.69) is 10.2 Å². The maximum absolute atomic E-state index is 15.0. The van der Waals surface area contributed by atoms with Gasteiger partial charge >= 0.3 is 5.97 Å². The van der Waals surface area contributed by atoms with Crippen LogP contribution < -0.4 is 10.7 Å². The quantitative estimate of drug-likeness (QED) is 0.516. The van der Waals surface area contributed by atoms with Gasteiger partial charge in [0.2, 0.25) is 5.43 Å². The summed E-state index contributed by atoms with van der Waals surface area (Å²) in [5, 5.41) is 13.9. The Labute approximate surface area is 199 Å². The summed E-state index contributed by atoms with van der Waals surface area (Å²) in [6.07, 6.45) is 7.47. The molecule has 5 rings (SSSR count). The average Bonchev–Trinajstić information content (AvgIpc) is 3.56. The van der Waals surface area contributed by atoms with Crippen molar-refractivity contribution < 1.29 is 19.1 Å². The first-order valence-corrected chi connectivity index (χ1v) is 12.5. The SMILES string of the molecule is O=C(Nc1cc2c(cc1F)c(=O)c(C(=O)O)cn2C1CC1)c1sccc1CCN1CCCCC1. The van der Waals surface area contributed by atoms with E-state index in [1.165, 1.54) is 42.9 Å². The lowest BCUT2D eigenvalue weighted by Crippen LogP contribution is -2.31. The number of hydrogen-bond acceptors (Lipinski definition) is 5. The Morgan fingerprint density at radius 1 is 1.18 bits per heavy atom. The highest BCUT2D eigenvalue weighted by atomic mass is 32.1. The van der Waals surface area contributed by atoms with Gasteiger partial charge < -0.3 is 19.9 Å². The van der Waals surface area contributed by atoms with Crippen LogP contribution >= 0.6 is 11.3 Å². The van der Waals surface area contributed by atoms with Gasteiger partial charge in [0.05, 0.1) is 16.1 Å². The van der Waals surface area contributed by atoms with E-state index in [0.29, 0.717) is 10.4 Å². The van der Waals surface area contributed by atoms with Crippen LogP contribution in [0.25, 0.3) is 10.9 Å². The van der Waals surface area contributed by atoms with Crippen LogP contribution in [0.5, 0.6) is 0 Å². The monoisotopic (exact) mass is 483 g/mol. The summed E-state index contributed by atoms with van der Waals surface area (Å²) >= 11 is 1.33. The van der Waals surface area contributed by atoms with Crippen molar-refractivity contribution in [2.75, 3.05) is 25.0 Å². The second kappa shape index (κ2) is 9.31. The summed E-state index contributed by atoms with van der Waals surface area (Å²) in [6, 6.07) is 4.48. The maximum atomic E-state index is 15.0. The van der Waals surface area contributed by atoms with Gasteiger partial charge in [-0.3, -0.25) is 9.59 Å². The molecule has 1 aliphatic carbocycles. The Hall–Kier alpha value is -3.04. The van der Waals surface area contributed by atoms with Crippen LogP contribution in [0.4, 0.5) is 10.1 Å². The number of carbonyl (C=O) groups is 2. The number of nitrogens with one attached hydrogen (secondary N) is 1. The van der Waals surface area contributed by atoms with E-state index in [-0.39, 0.29) is 28.6 Å². The molecule has 3 heterocycles. The molecular formula is C25H26FN3O4S. The molecule has 3 aromatic rings. The smallest absolute Gasteiger partial charge is 0.341 e. The minimum atomic E-state index is -1.34. The number of amides is 1. The zero-order valence-corrected chi connectivity index (χ0v) is 19.5. The lowest BCUT2D eigenvalue weighted by atomic mass is 10.1. The molecule has 178 valence electrons. The minimum Gasteiger partial charge on any atom is -0.477 e. The number of benzene rings is 1. The Morgan fingerprint density at radius 2 is 1.94 bits per heavy atom. The number of carboxylic acids is 1. The third-order valence-electron chi connectivity index (χ3n) is 6.64. The second-order valence-corrected chi connectivity index (χ2v) is 9.96. The summed E-state index contributed by atoms with van der Waals surface area (Å²) in [5.74, 6) is -2.49. The van der Waals surface area contributed by atoms with Gasteiger partial charge in [-0.05, 0) is 74.3 Å². The molecule has 1 saturated carbocycles. The van der Waals surface area contributed by atoms with Gasteiger partial charge in [-0.2, -0.15) is 0 Å². The van der Waals surface area contributed by atoms with Crippen LogP contribution in [-0.2, 0) is 6.42 Å². The molecule has 1 amide bonds. The van der Waals surface area contributed by atoms with Crippen molar-refractivity contribution >= 4 is 39.8 Å². The van der Waals surface area contributed by atoms with Crippen LogP contribution in [0.1, 0.15) is 63.7 Å². The van der Waals surface area contributed by atoms with E-state index in [9.17, 15) is 23.9 Å². The molecule has 2 fully saturated rings. The number of nitrogens with zero attached hydrogens (tertiary/aromatic N) is 2. The highest BCUT2D eigenvalue weighted by molar-refractivity contribution is 7.12. The maximum Gasteiger partial charge on any atom is 0.341 e. The fraction of sp³-hybridized carbons (Fsp3) is 0.400. The van der Waals surface area contributed by atoms with Crippen molar-refractivity contribution in [3.63, 3.8) is 0 Å². The Morgan fingerprint density at radius 3 is 2.65 bits per heavy atom. The lowest BCUT2D eigenvalue weighted by molar-refractivity contribution is 0.0694. The molecule has 2 aromatic heterocycles. The number of halogens is 1. The standard InChI is InChI=1S/C25H26FN3O4S/c26-19-12-17-21(29(16-4-5-16)14-18(22(17)30)25(32)33)13-20(19)27-24(31)23-15(7-11-34-23)6-10-28-8-2-1-3-9-28/h7,11-14,16H,1-6,8-10H2,(H,27,31)(H,32,33). The molecule has 2 aliphatic rings. The van der Waals surface area contributed by atoms with Crippen LogP contribution in [0.15, 0.2) is 34.6 Å². The Bertz CT molecular complexity index is 1320. The first-order valence-electron chi connectivity index (χ1n) is 11.6. The normalized spacial score (nSPS) is 16.6. The van der Waals surface area contributed by atoms with Crippen molar-refractivity contribution in [1.29, 1.82) is 0 Å². The number of piperidine rings is 1. The van der Waals surface area contributed by atoms with E-state index in [0.717, 1.165) is 50.5 Å². The highest BCUT2D eigenvalue weighted by Gasteiger charge is 2.28. The van der Waals surface area contributed by atoms with Crippen molar-refractivity contribution in [2.45, 2.75) is 44.6 Å². The van der Waals surface area contributed by atoms with E-state index in [1.54, 1.807) is 4.57 Å². The number of carbonyl (C=O) groups excluding carboxylic acids is 1. The summed E-state index contributed by atoms with van der Waals surface area (Å²) in [7, 11) is 0. The minimum absolute atomic E-state index is 0.000596. The molecule has 1 saturated heterocycles. The summed E-state index contributed by atoms with van der Waals surface area (Å²) in [6.45, 7) is 3.06. The van der Waals surface area contributed by atoms with Gasteiger partial charge in [0.1, 0.15) is 11.4 Å². The summed E-state index contributed by atoms with van der Waals surface area (Å²) < 4.78 is 16.7. The summed E-state index contributed by atoms with van der Waals surface area (Å²) in [5.41, 5.74) is 0.229. The molecule has 34 heavy (non-hydrogen) atoms. The number of likely N-dealkylation sites (tertiary alicyclic amines) is 1. The van der Waals surface area contributed by atoms with Crippen LogP contribution in [-0.4, -0.2) is 46.1 Å². The highest BCUT2D eigenvalue weighted by Crippen LogP contribution is 2.38. The molecule has 0 radical (unpaired) electrons. The van der Waals surface area contributed by atoms with E-state index >= 15 is 0 Å². The Balaban J connectivity index is 1.42. The fourth-order valence-corrected chi connectivity index (χ4v) is 5.49. The molecule has 9 heteroatoms. The van der Waals surface area contributed by atoms with E-state index < -0.39 is 17.2 Å². The van der Waals surface area contributed by atoms with Crippen molar-refractivity contribution in [3.05, 3.63) is 61.8 Å². The predicted octanol–water partition coefficient (Wildman–Crippen LogP) is 4.52. The molecule has 7 nitrogen and oxygen atoms in total. The number of hydrogen-bond donors (Lipinski definition) is 2. The fourth-order valence-electron chi connectivity index (χ4n) is 4.65. The molecule has 0 atom stereocenters. The van der Waals surface area contributed by atoms with Gasteiger partial charge in [-0.1, -0.05) is 6.42 Å². The number of thiophene rings is 1. The topological polar surface area (TPSA) is 91.6 Å². The van der Waals surface area contributed by atoms with Crippen molar-refractivity contribution in [1.82, 2.24) is 9.47 Å². The van der Waals surface area contributed by atoms with Crippen molar-refractivity contribution in [3.8, 4) is 0 Å². The zero-order chi connectivity index (χ0) is 23.8. The first kappa shape index (κ1) is 22.7. The van der Waals surface area contributed by atoms with Gasteiger partial charge in [-0.15, -0.1) is 11.3 Å². The number of aromatic nitrogens is 1.